The van der Waals surface area contributed by atoms with Gasteiger partial charge in [-0.1, -0.05) is 18.3 Å². The predicted octanol–water partition coefficient (Wildman–Crippen LogP) is 1.70. The van der Waals surface area contributed by atoms with Crippen molar-refractivity contribution in [3.8, 4) is 0 Å². The molecule has 112 valence electrons. The molecule has 2 rings (SSSR count). The highest BCUT2D eigenvalue weighted by Crippen LogP contribution is 2.24. The van der Waals surface area contributed by atoms with Crippen molar-refractivity contribution < 1.29 is 9.53 Å². The molecule has 1 saturated heterocycles. The fourth-order valence-corrected chi connectivity index (χ4v) is 2.91. The number of nitrogens with one attached hydrogen (secondary N) is 2. The Morgan fingerprint density at radius 3 is 3.15 bits per heavy atom. The molecule has 0 aromatic carbocycles. The third kappa shape index (κ3) is 4.08. The van der Waals surface area contributed by atoms with E-state index >= 15 is 0 Å². The van der Waals surface area contributed by atoms with Crippen LogP contribution in [0.3, 0.4) is 0 Å². The van der Waals surface area contributed by atoms with E-state index in [4.69, 9.17) is 10.5 Å². The summed E-state index contributed by atoms with van der Waals surface area (Å²) in [6.45, 7) is 5.09. The van der Waals surface area contributed by atoms with Crippen molar-refractivity contribution in [3.63, 3.8) is 0 Å². The Hall–Kier alpha value is -1.34. The number of nitrogens with zero attached hydrogens (tertiary/aromatic N) is 1. The van der Waals surface area contributed by atoms with Crippen LogP contribution in [0, 0.1) is 5.92 Å². The maximum atomic E-state index is 12.1. The average Bonchev–Trinajstić information content (AvgIpc) is 2.85. The van der Waals surface area contributed by atoms with Crippen molar-refractivity contribution in [1.29, 1.82) is 0 Å². The van der Waals surface area contributed by atoms with Crippen LogP contribution in [0.1, 0.15) is 35.9 Å². The summed E-state index contributed by atoms with van der Waals surface area (Å²) in [4.78, 5) is 16.8. The molecule has 1 fully saturated rings. The Balaban J connectivity index is 1.86. The second kappa shape index (κ2) is 7.44. The number of amides is 1. The Labute approximate surface area is 123 Å². The number of nitrogen functional groups attached to an aromatic ring is 1. The molecule has 0 bridgehead atoms. The molecule has 1 aromatic heterocycles. The summed E-state index contributed by atoms with van der Waals surface area (Å²) >= 11 is 1.30. The highest BCUT2D eigenvalue weighted by molar-refractivity contribution is 7.18. The van der Waals surface area contributed by atoms with Crippen molar-refractivity contribution in [1.82, 2.24) is 10.3 Å². The highest BCUT2D eigenvalue weighted by Gasteiger charge is 2.19. The van der Waals surface area contributed by atoms with E-state index in [0.29, 0.717) is 28.3 Å². The lowest BCUT2D eigenvalue weighted by atomic mass is 10.0. The van der Waals surface area contributed by atoms with Crippen LogP contribution in [0.2, 0.25) is 0 Å². The maximum Gasteiger partial charge on any atom is 0.265 e. The lowest BCUT2D eigenvalue weighted by molar-refractivity contribution is 0.0537. The van der Waals surface area contributed by atoms with Crippen molar-refractivity contribution >= 4 is 28.2 Å². The maximum absolute atomic E-state index is 12.1. The van der Waals surface area contributed by atoms with Gasteiger partial charge < -0.3 is 21.1 Å². The first-order valence-corrected chi connectivity index (χ1v) is 7.88. The molecule has 0 spiro atoms. The van der Waals surface area contributed by atoms with E-state index in [1.54, 1.807) is 0 Å². The number of carbonyl (C=O) groups excluding carboxylic acids is 1. The minimum Gasteiger partial charge on any atom is -0.382 e. The molecule has 1 unspecified atom stereocenters. The zero-order valence-electron chi connectivity index (χ0n) is 11.8. The van der Waals surface area contributed by atoms with Gasteiger partial charge in [0.25, 0.3) is 5.91 Å². The summed E-state index contributed by atoms with van der Waals surface area (Å²) in [7, 11) is 0. The molecule has 2 heterocycles. The quantitative estimate of drug-likeness (QED) is 0.744. The van der Waals surface area contributed by atoms with Crippen molar-refractivity contribution in [2.24, 2.45) is 5.92 Å². The first kappa shape index (κ1) is 15.1. The second-order valence-corrected chi connectivity index (χ2v) is 5.95. The summed E-state index contributed by atoms with van der Waals surface area (Å²) in [5, 5.41) is 6.77. The minimum atomic E-state index is -0.143. The Morgan fingerprint density at radius 1 is 1.60 bits per heavy atom. The lowest BCUT2D eigenvalue weighted by Gasteiger charge is -2.21. The van der Waals surface area contributed by atoms with Crippen LogP contribution < -0.4 is 16.4 Å². The molecular formula is C13H22N4O2S. The van der Waals surface area contributed by atoms with Gasteiger partial charge in [-0.2, -0.15) is 0 Å². The molecule has 1 atom stereocenters. The Bertz CT molecular complexity index is 444. The average molecular weight is 298 g/mol. The van der Waals surface area contributed by atoms with Crippen LogP contribution in [-0.4, -0.2) is 37.2 Å². The SMILES string of the molecule is CCCNc1nc(N)c(C(=O)NCC2CCCOC2)s1. The fraction of sp³-hybridized carbons (Fsp3) is 0.692. The standard InChI is InChI=1S/C13H22N4O2S/c1-2-5-15-13-17-11(14)10(20-13)12(18)16-7-9-4-3-6-19-8-9/h9H,2-8,14H2,1H3,(H,15,17)(H,16,18). The number of nitrogens with two attached hydrogens (primary N) is 1. The zero-order chi connectivity index (χ0) is 14.4. The minimum absolute atomic E-state index is 0.143. The van der Waals surface area contributed by atoms with E-state index in [-0.39, 0.29) is 5.91 Å². The number of rotatable bonds is 6. The van der Waals surface area contributed by atoms with Crippen LogP contribution in [0.5, 0.6) is 0 Å². The summed E-state index contributed by atoms with van der Waals surface area (Å²) in [5.74, 6) is 0.556. The van der Waals surface area contributed by atoms with Gasteiger partial charge in [-0.05, 0) is 25.2 Å². The first-order valence-electron chi connectivity index (χ1n) is 7.06. The predicted molar refractivity (Wildman–Crippen MR) is 81.2 cm³/mol. The first-order chi connectivity index (χ1) is 9.70. The summed E-state index contributed by atoms with van der Waals surface area (Å²) in [6.07, 6.45) is 3.17. The molecule has 4 N–H and O–H groups in total. The van der Waals surface area contributed by atoms with Crippen molar-refractivity contribution in [2.45, 2.75) is 26.2 Å². The van der Waals surface area contributed by atoms with Gasteiger partial charge in [0.05, 0.1) is 6.61 Å². The highest BCUT2D eigenvalue weighted by atomic mass is 32.1. The van der Waals surface area contributed by atoms with Crippen molar-refractivity contribution in [3.05, 3.63) is 4.88 Å². The Kier molecular flexibility index (Phi) is 5.60. The Morgan fingerprint density at radius 2 is 2.45 bits per heavy atom. The van der Waals surface area contributed by atoms with E-state index in [0.717, 1.165) is 39.0 Å². The zero-order valence-corrected chi connectivity index (χ0v) is 12.6. The molecule has 0 saturated carbocycles. The van der Waals surface area contributed by atoms with Crippen LogP contribution in [-0.2, 0) is 4.74 Å². The van der Waals surface area contributed by atoms with Gasteiger partial charge in [-0.3, -0.25) is 4.79 Å². The third-order valence-electron chi connectivity index (χ3n) is 3.19. The topological polar surface area (TPSA) is 89.3 Å². The summed E-state index contributed by atoms with van der Waals surface area (Å²) in [5.41, 5.74) is 5.80. The van der Waals surface area contributed by atoms with Gasteiger partial charge in [0.1, 0.15) is 10.7 Å². The number of carbonyl (C=O) groups is 1. The summed E-state index contributed by atoms with van der Waals surface area (Å²) < 4.78 is 5.40. The van der Waals surface area contributed by atoms with E-state index < -0.39 is 0 Å². The number of hydrogen-bond donors (Lipinski definition) is 3. The molecule has 6 nitrogen and oxygen atoms in total. The van der Waals surface area contributed by atoms with Gasteiger partial charge in [-0.25, -0.2) is 4.98 Å². The number of anilines is 2. The van der Waals surface area contributed by atoms with Crippen LogP contribution in [0.15, 0.2) is 0 Å². The van der Waals surface area contributed by atoms with Gasteiger partial charge in [-0.15, -0.1) is 0 Å². The molecule has 7 heteroatoms. The van der Waals surface area contributed by atoms with E-state index in [2.05, 4.69) is 22.5 Å². The molecule has 0 aliphatic carbocycles. The molecule has 1 aromatic rings. The third-order valence-corrected chi connectivity index (χ3v) is 4.22. The molecule has 1 aliphatic heterocycles. The largest absolute Gasteiger partial charge is 0.382 e. The smallest absolute Gasteiger partial charge is 0.265 e. The van der Waals surface area contributed by atoms with E-state index in [1.807, 2.05) is 0 Å². The number of aromatic nitrogens is 1. The number of ether oxygens (including phenoxy) is 1. The molecule has 0 radical (unpaired) electrons. The van der Waals surface area contributed by atoms with Gasteiger partial charge >= 0.3 is 0 Å². The van der Waals surface area contributed by atoms with E-state index in [9.17, 15) is 4.79 Å². The van der Waals surface area contributed by atoms with Gasteiger partial charge in [0, 0.05) is 19.7 Å². The molecular weight excluding hydrogens is 276 g/mol. The monoisotopic (exact) mass is 298 g/mol. The van der Waals surface area contributed by atoms with Crippen molar-refractivity contribution in [2.75, 3.05) is 37.4 Å². The second-order valence-electron chi connectivity index (χ2n) is 4.95. The van der Waals surface area contributed by atoms with Crippen LogP contribution >= 0.6 is 11.3 Å². The van der Waals surface area contributed by atoms with E-state index in [1.165, 1.54) is 11.3 Å². The summed E-state index contributed by atoms with van der Waals surface area (Å²) in [6, 6.07) is 0. The fourth-order valence-electron chi connectivity index (χ4n) is 2.09. The molecule has 20 heavy (non-hydrogen) atoms. The molecule has 1 aliphatic rings. The number of thiazole rings is 1. The van der Waals surface area contributed by atoms with Crippen LogP contribution in [0.25, 0.3) is 0 Å². The normalized spacial score (nSPS) is 18.8. The number of hydrogen-bond acceptors (Lipinski definition) is 6. The van der Waals surface area contributed by atoms with Gasteiger partial charge in [0.15, 0.2) is 5.13 Å². The lowest BCUT2D eigenvalue weighted by Crippen LogP contribution is -2.33. The van der Waals surface area contributed by atoms with Crippen LogP contribution in [0.4, 0.5) is 10.9 Å². The van der Waals surface area contributed by atoms with Gasteiger partial charge in [0.2, 0.25) is 0 Å². The molecule has 1 amide bonds.